The van der Waals surface area contributed by atoms with Crippen LogP contribution in [0.3, 0.4) is 0 Å². The van der Waals surface area contributed by atoms with Crippen LogP contribution in [-0.2, 0) is 4.79 Å². The fourth-order valence-electron chi connectivity index (χ4n) is 2.89. The summed E-state index contributed by atoms with van der Waals surface area (Å²) in [6.07, 6.45) is 1.70. The number of rotatable bonds is 2. The number of aryl methyl sites for hydroxylation is 1. The molecule has 0 bridgehead atoms. The zero-order chi connectivity index (χ0) is 14.3. The highest BCUT2D eigenvalue weighted by molar-refractivity contribution is 5.89. The second-order valence-corrected chi connectivity index (χ2v) is 6.15. The highest BCUT2D eigenvalue weighted by atomic mass is 35.5. The number of hydrogen-bond acceptors (Lipinski definition) is 3. The number of nitrogens with two attached hydrogens (primary N) is 1. The molecule has 22 heavy (non-hydrogen) atoms. The summed E-state index contributed by atoms with van der Waals surface area (Å²) in [5, 5.41) is 0. The topological polar surface area (TPSA) is 49.6 Å². The van der Waals surface area contributed by atoms with Gasteiger partial charge in [0, 0.05) is 31.9 Å². The second kappa shape index (κ2) is 7.07. The van der Waals surface area contributed by atoms with Crippen molar-refractivity contribution in [3.63, 3.8) is 0 Å². The van der Waals surface area contributed by atoms with E-state index in [1.807, 2.05) is 4.90 Å². The van der Waals surface area contributed by atoms with Crippen molar-refractivity contribution in [2.45, 2.75) is 32.2 Å². The van der Waals surface area contributed by atoms with Gasteiger partial charge >= 0.3 is 0 Å². The van der Waals surface area contributed by atoms with Crippen LogP contribution in [0.2, 0.25) is 0 Å². The van der Waals surface area contributed by atoms with E-state index in [1.165, 1.54) is 16.8 Å². The highest BCUT2D eigenvalue weighted by Crippen LogP contribution is 2.34. The molecule has 1 amide bonds. The van der Waals surface area contributed by atoms with Crippen molar-refractivity contribution in [2.75, 3.05) is 31.1 Å². The minimum absolute atomic E-state index is 0. The first-order valence-electron chi connectivity index (χ1n) is 7.41. The van der Waals surface area contributed by atoms with Gasteiger partial charge in [-0.25, -0.2) is 0 Å². The van der Waals surface area contributed by atoms with E-state index in [-0.39, 0.29) is 30.7 Å². The molecule has 2 N–H and O–H groups in total. The molecule has 1 aliphatic carbocycles. The van der Waals surface area contributed by atoms with E-state index in [4.69, 9.17) is 5.73 Å². The lowest BCUT2D eigenvalue weighted by Gasteiger charge is -2.38. The molecule has 6 heteroatoms. The third-order valence-electron chi connectivity index (χ3n) is 4.70. The van der Waals surface area contributed by atoms with Gasteiger partial charge in [-0.05, 0) is 43.9 Å². The Morgan fingerprint density at radius 1 is 1.09 bits per heavy atom. The standard InChI is InChI=1S/C16H23N3O.2ClH/c1-12-4-3-5-14(13(12)2)18-8-10-19(11-9-18)15(20)16(17)6-7-16;;/h3-5H,6-11,17H2,1-2H3;2*1H. The van der Waals surface area contributed by atoms with Crippen LogP contribution >= 0.6 is 24.8 Å². The van der Waals surface area contributed by atoms with E-state index in [1.54, 1.807) is 0 Å². The first-order chi connectivity index (χ1) is 9.51. The molecule has 0 radical (unpaired) electrons. The summed E-state index contributed by atoms with van der Waals surface area (Å²) < 4.78 is 0. The predicted molar refractivity (Wildman–Crippen MR) is 95.4 cm³/mol. The molecule has 4 nitrogen and oxygen atoms in total. The molecule has 1 heterocycles. The second-order valence-electron chi connectivity index (χ2n) is 6.15. The van der Waals surface area contributed by atoms with Crippen molar-refractivity contribution in [1.82, 2.24) is 4.90 Å². The molecular formula is C16H25Cl2N3O. The maximum absolute atomic E-state index is 12.2. The minimum atomic E-state index is -0.526. The van der Waals surface area contributed by atoms with Gasteiger partial charge < -0.3 is 15.5 Å². The molecule has 0 atom stereocenters. The van der Waals surface area contributed by atoms with Gasteiger partial charge in [-0.15, -0.1) is 24.8 Å². The van der Waals surface area contributed by atoms with Gasteiger partial charge in [0.25, 0.3) is 0 Å². The number of carbonyl (C=O) groups excluding carboxylic acids is 1. The number of anilines is 1. The Balaban J connectivity index is 0.00000121. The first kappa shape index (κ1) is 19.1. The lowest BCUT2D eigenvalue weighted by Crippen LogP contribution is -2.54. The zero-order valence-corrected chi connectivity index (χ0v) is 14.8. The Kier molecular flexibility index (Phi) is 6.13. The maximum Gasteiger partial charge on any atom is 0.242 e. The third kappa shape index (κ3) is 3.50. The lowest BCUT2D eigenvalue weighted by molar-refractivity contribution is -0.133. The molecule has 0 unspecified atom stereocenters. The van der Waals surface area contributed by atoms with Crippen molar-refractivity contribution in [1.29, 1.82) is 0 Å². The molecule has 1 aromatic carbocycles. The average Bonchev–Trinajstić information content (AvgIpc) is 3.21. The number of piperazine rings is 1. The minimum Gasteiger partial charge on any atom is -0.368 e. The Labute approximate surface area is 144 Å². The van der Waals surface area contributed by atoms with E-state index >= 15 is 0 Å². The smallest absolute Gasteiger partial charge is 0.242 e. The van der Waals surface area contributed by atoms with Crippen LogP contribution in [0.25, 0.3) is 0 Å². The molecule has 2 aliphatic rings. The van der Waals surface area contributed by atoms with Gasteiger partial charge in [0.15, 0.2) is 0 Å². The average molecular weight is 346 g/mol. The number of benzene rings is 1. The monoisotopic (exact) mass is 345 g/mol. The Hall–Kier alpha value is -0.970. The van der Waals surface area contributed by atoms with Crippen LogP contribution in [0.5, 0.6) is 0 Å². The summed E-state index contributed by atoms with van der Waals surface area (Å²) in [5.41, 5.74) is 9.43. The number of hydrogen-bond donors (Lipinski definition) is 1. The maximum atomic E-state index is 12.2. The fraction of sp³-hybridized carbons (Fsp3) is 0.562. The Morgan fingerprint density at radius 3 is 2.23 bits per heavy atom. The van der Waals surface area contributed by atoms with Crippen LogP contribution in [0.4, 0.5) is 5.69 Å². The van der Waals surface area contributed by atoms with E-state index in [2.05, 4.69) is 36.9 Å². The summed E-state index contributed by atoms with van der Waals surface area (Å²) >= 11 is 0. The normalized spacial score (nSPS) is 19.0. The largest absolute Gasteiger partial charge is 0.368 e. The van der Waals surface area contributed by atoms with Crippen LogP contribution in [0.1, 0.15) is 24.0 Å². The quantitative estimate of drug-likeness (QED) is 0.894. The van der Waals surface area contributed by atoms with E-state index in [9.17, 15) is 4.79 Å². The molecule has 2 fully saturated rings. The summed E-state index contributed by atoms with van der Waals surface area (Å²) in [5.74, 6) is 0.151. The molecule has 1 saturated heterocycles. The van der Waals surface area contributed by atoms with Gasteiger partial charge in [-0.1, -0.05) is 12.1 Å². The van der Waals surface area contributed by atoms with Crippen molar-refractivity contribution < 1.29 is 4.79 Å². The van der Waals surface area contributed by atoms with E-state index < -0.39 is 5.54 Å². The number of carbonyl (C=O) groups is 1. The molecule has 1 aliphatic heterocycles. The zero-order valence-electron chi connectivity index (χ0n) is 13.2. The Morgan fingerprint density at radius 2 is 1.68 bits per heavy atom. The molecular weight excluding hydrogens is 321 g/mol. The van der Waals surface area contributed by atoms with Gasteiger partial charge in [0.05, 0.1) is 5.54 Å². The summed E-state index contributed by atoms with van der Waals surface area (Å²) in [4.78, 5) is 16.5. The fourth-order valence-corrected chi connectivity index (χ4v) is 2.89. The third-order valence-corrected chi connectivity index (χ3v) is 4.70. The predicted octanol–water partition coefficient (Wildman–Crippen LogP) is 2.29. The summed E-state index contributed by atoms with van der Waals surface area (Å²) in [7, 11) is 0. The molecule has 1 aromatic rings. The van der Waals surface area contributed by atoms with Crippen molar-refractivity contribution in [3.05, 3.63) is 29.3 Å². The molecule has 1 saturated carbocycles. The number of nitrogens with zero attached hydrogens (tertiary/aromatic N) is 2. The Bertz CT molecular complexity index is 538. The van der Waals surface area contributed by atoms with Gasteiger partial charge in [0.1, 0.15) is 0 Å². The van der Waals surface area contributed by atoms with E-state index in [0.717, 1.165) is 39.0 Å². The SMILES string of the molecule is Cc1cccc(N2CCN(C(=O)C3(N)CC3)CC2)c1C.Cl.Cl. The number of halogens is 2. The van der Waals surface area contributed by atoms with Crippen LogP contribution in [-0.4, -0.2) is 42.5 Å². The molecule has 0 aromatic heterocycles. The lowest BCUT2D eigenvalue weighted by atomic mass is 10.1. The summed E-state index contributed by atoms with van der Waals surface area (Å²) in [6, 6.07) is 6.42. The van der Waals surface area contributed by atoms with Gasteiger partial charge in [-0.3, -0.25) is 4.79 Å². The molecule has 0 spiro atoms. The van der Waals surface area contributed by atoms with Gasteiger partial charge in [0.2, 0.25) is 5.91 Å². The highest BCUT2D eigenvalue weighted by Gasteiger charge is 2.48. The van der Waals surface area contributed by atoms with Crippen molar-refractivity contribution in [3.8, 4) is 0 Å². The van der Waals surface area contributed by atoms with Crippen molar-refractivity contribution in [2.24, 2.45) is 5.73 Å². The van der Waals surface area contributed by atoms with Crippen LogP contribution in [0, 0.1) is 13.8 Å². The van der Waals surface area contributed by atoms with Crippen LogP contribution in [0.15, 0.2) is 18.2 Å². The molecule has 3 rings (SSSR count). The van der Waals surface area contributed by atoms with Crippen LogP contribution < -0.4 is 10.6 Å². The number of amides is 1. The van der Waals surface area contributed by atoms with Gasteiger partial charge in [-0.2, -0.15) is 0 Å². The first-order valence-corrected chi connectivity index (χ1v) is 7.41. The molecule has 124 valence electrons. The van der Waals surface area contributed by atoms with E-state index in [0.29, 0.717) is 0 Å². The summed E-state index contributed by atoms with van der Waals surface area (Å²) in [6.45, 7) is 7.67. The van der Waals surface area contributed by atoms with Crippen molar-refractivity contribution >= 4 is 36.4 Å².